The van der Waals surface area contributed by atoms with Gasteiger partial charge in [0.15, 0.2) is 0 Å². The molecule has 0 atom stereocenters. The van der Waals surface area contributed by atoms with Crippen LogP contribution in [-0.2, 0) is 0 Å². The fourth-order valence-corrected chi connectivity index (χ4v) is 1.31. The van der Waals surface area contributed by atoms with Crippen molar-refractivity contribution >= 4 is 17.8 Å². The van der Waals surface area contributed by atoms with E-state index in [2.05, 4.69) is 11.6 Å². The van der Waals surface area contributed by atoms with Crippen LogP contribution >= 0.6 is 11.8 Å². The van der Waals surface area contributed by atoms with Gasteiger partial charge in [0.25, 0.3) is 0 Å². The second-order valence-electron chi connectivity index (χ2n) is 2.23. The van der Waals surface area contributed by atoms with E-state index in [0.717, 1.165) is 16.3 Å². The summed E-state index contributed by atoms with van der Waals surface area (Å²) in [6.07, 6.45) is 3.85. The van der Waals surface area contributed by atoms with Crippen molar-refractivity contribution in [2.45, 2.75) is 11.9 Å². The van der Waals surface area contributed by atoms with Crippen LogP contribution in [0.4, 0.5) is 0 Å². The number of hydrogen-bond donors (Lipinski definition) is 0. The van der Waals surface area contributed by atoms with Gasteiger partial charge in [-0.05, 0) is 24.8 Å². The molecule has 0 aliphatic carbocycles. The largest absolute Gasteiger partial charge is 0.246 e. The summed E-state index contributed by atoms with van der Waals surface area (Å²) >= 11 is 1.66. The van der Waals surface area contributed by atoms with E-state index in [0.29, 0.717) is 0 Å². The molecule has 0 spiro atoms. The van der Waals surface area contributed by atoms with E-state index in [1.165, 1.54) is 0 Å². The molecular formula is C9H11NS. The molecule has 0 bridgehead atoms. The van der Waals surface area contributed by atoms with Crippen LogP contribution in [0.15, 0.2) is 23.7 Å². The van der Waals surface area contributed by atoms with E-state index in [9.17, 15) is 0 Å². The van der Waals surface area contributed by atoms with Crippen molar-refractivity contribution in [1.29, 1.82) is 0 Å². The van der Waals surface area contributed by atoms with E-state index < -0.39 is 0 Å². The van der Waals surface area contributed by atoms with Crippen LogP contribution in [-0.4, -0.2) is 11.2 Å². The zero-order valence-electron chi connectivity index (χ0n) is 6.79. The lowest BCUT2D eigenvalue weighted by molar-refractivity contribution is 1.06. The minimum Gasteiger partial charge on any atom is -0.246 e. The summed E-state index contributed by atoms with van der Waals surface area (Å²) in [4.78, 5) is 4.35. The molecule has 0 radical (unpaired) electrons. The van der Waals surface area contributed by atoms with Gasteiger partial charge in [0.1, 0.15) is 0 Å². The van der Waals surface area contributed by atoms with Crippen LogP contribution < -0.4 is 0 Å². The molecule has 0 saturated heterocycles. The minimum atomic E-state index is 1.05. The number of pyridine rings is 1. The van der Waals surface area contributed by atoms with Gasteiger partial charge in [0.2, 0.25) is 0 Å². The molecule has 2 heteroatoms. The van der Waals surface area contributed by atoms with Crippen LogP contribution in [0.2, 0.25) is 0 Å². The van der Waals surface area contributed by atoms with Crippen LogP contribution in [0.5, 0.6) is 0 Å². The van der Waals surface area contributed by atoms with Crippen molar-refractivity contribution in [3.63, 3.8) is 0 Å². The number of thioether (sulfide) groups is 1. The molecule has 1 rings (SSSR count). The monoisotopic (exact) mass is 165 g/mol. The Morgan fingerprint density at radius 3 is 2.73 bits per heavy atom. The lowest BCUT2D eigenvalue weighted by atomic mass is 10.2. The average molecular weight is 165 g/mol. The first-order valence-electron chi connectivity index (χ1n) is 3.42. The molecule has 58 valence electrons. The fourth-order valence-electron chi connectivity index (χ4n) is 0.878. The molecular weight excluding hydrogens is 154 g/mol. The Labute approximate surface area is 71.5 Å². The first kappa shape index (κ1) is 8.34. The molecule has 11 heavy (non-hydrogen) atoms. The summed E-state index contributed by atoms with van der Waals surface area (Å²) in [6, 6.07) is 4.05. The Morgan fingerprint density at radius 1 is 1.55 bits per heavy atom. The maximum atomic E-state index is 4.35. The third-order valence-corrected chi connectivity index (χ3v) is 2.18. The van der Waals surface area contributed by atoms with Crippen LogP contribution in [0.25, 0.3) is 6.08 Å². The zero-order chi connectivity index (χ0) is 8.27. The minimum absolute atomic E-state index is 1.05. The third kappa shape index (κ3) is 1.84. The topological polar surface area (TPSA) is 12.9 Å². The molecule has 0 aliphatic rings. The van der Waals surface area contributed by atoms with Gasteiger partial charge >= 0.3 is 0 Å². The lowest BCUT2D eigenvalue weighted by Crippen LogP contribution is -1.87. The Morgan fingerprint density at radius 2 is 2.27 bits per heavy atom. The van der Waals surface area contributed by atoms with E-state index in [4.69, 9.17) is 0 Å². The number of rotatable bonds is 2. The summed E-state index contributed by atoms with van der Waals surface area (Å²) in [5.41, 5.74) is 2.16. The van der Waals surface area contributed by atoms with Crippen LogP contribution in [0, 0.1) is 6.92 Å². The maximum absolute atomic E-state index is 4.35. The molecule has 0 aliphatic heterocycles. The molecule has 0 fully saturated rings. The summed E-state index contributed by atoms with van der Waals surface area (Å²) in [5, 5.41) is 1.06. The van der Waals surface area contributed by atoms with Gasteiger partial charge in [-0.1, -0.05) is 18.7 Å². The quantitative estimate of drug-likeness (QED) is 0.625. The van der Waals surface area contributed by atoms with Crippen molar-refractivity contribution in [2.75, 3.05) is 6.26 Å². The third-order valence-electron chi connectivity index (χ3n) is 1.53. The molecule has 0 N–H and O–H groups in total. The Kier molecular flexibility index (Phi) is 2.71. The Bertz CT molecular complexity index is 268. The Hall–Kier alpha value is -0.760. The molecule has 1 aromatic rings. The van der Waals surface area contributed by atoms with E-state index >= 15 is 0 Å². The van der Waals surface area contributed by atoms with Gasteiger partial charge in [0, 0.05) is 5.69 Å². The van der Waals surface area contributed by atoms with Crippen molar-refractivity contribution < 1.29 is 0 Å². The van der Waals surface area contributed by atoms with Gasteiger partial charge in [-0.15, -0.1) is 11.8 Å². The molecule has 1 aromatic heterocycles. The number of nitrogens with zero attached hydrogens (tertiary/aromatic N) is 1. The predicted molar refractivity (Wildman–Crippen MR) is 50.8 cm³/mol. The standard InChI is InChI=1S/C9H11NS/c1-4-8-5-6-9(11-3)10-7(8)2/h4-6H,1H2,2-3H3. The molecule has 0 aromatic carbocycles. The predicted octanol–water partition coefficient (Wildman–Crippen LogP) is 2.75. The van der Waals surface area contributed by atoms with Gasteiger partial charge in [0.05, 0.1) is 5.03 Å². The van der Waals surface area contributed by atoms with E-state index in [1.807, 2.05) is 31.4 Å². The lowest BCUT2D eigenvalue weighted by Gasteiger charge is -2.00. The summed E-state index contributed by atoms with van der Waals surface area (Å²) in [6.45, 7) is 5.70. The van der Waals surface area contributed by atoms with E-state index in [-0.39, 0.29) is 0 Å². The number of aryl methyl sites for hydroxylation is 1. The van der Waals surface area contributed by atoms with Crippen molar-refractivity contribution in [3.05, 3.63) is 30.0 Å². The first-order valence-corrected chi connectivity index (χ1v) is 4.64. The van der Waals surface area contributed by atoms with Gasteiger partial charge in [-0.25, -0.2) is 4.98 Å². The van der Waals surface area contributed by atoms with Gasteiger partial charge in [-0.3, -0.25) is 0 Å². The van der Waals surface area contributed by atoms with E-state index in [1.54, 1.807) is 11.8 Å². The highest BCUT2D eigenvalue weighted by Crippen LogP contribution is 2.14. The summed E-state index contributed by atoms with van der Waals surface area (Å²) < 4.78 is 0. The maximum Gasteiger partial charge on any atom is 0.0960 e. The molecule has 0 saturated carbocycles. The van der Waals surface area contributed by atoms with Crippen molar-refractivity contribution in [1.82, 2.24) is 4.98 Å². The number of hydrogen-bond acceptors (Lipinski definition) is 2. The van der Waals surface area contributed by atoms with Crippen molar-refractivity contribution in [2.24, 2.45) is 0 Å². The summed E-state index contributed by atoms with van der Waals surface area (Å²) in [5.74, 6) is 0. The second-order valence-corrected chi connectivity index (χ2v) is 3.06. The smallest absolute Gasteiger partial charge is 0.0960 e. The molecule has 1 nitrogen and oxygen atoms in total. The average Bonchev–Trinajstić information content (AvgIpc) is 2.04. The Balaban J connectivity index is 3.09. The summed E-state index contributed by atoms with van der Waals surface area (Å²) in [7, 11) is 0. The number of aromatic nitrogens is 1. The van der Waals surface area contributed by atoms with Crippen LogP contribution in [0.1, 0.15) is 11.3 Å². The highest BCUT2D eigenvalue weighted by Gasteiger charge is 1.95. The second kappa shape index (κ2) is 3.58. The van der Waals surface area contributed by atoms with Gasteiger partial charge in [-0.2, -0.15) is 0 Å². The zero-order valence-corrected chi connectivity index (χ0v) is 7.61. The highest BCUT2D eigenvalue weighted by atomic mass is 32.2. The SMILES string of the molecule is C=Cc1ccc(SC)nc1C. The molecule has 1 heterocycles. The van der Waals surface area contributed by atoms with Crippen molar-refractivity contribution in [3.8, 4) is 0 Å². The highest BCUT2D eigenvalue weighted by molar-refractivity contribution is 7.98. The van der Waals surface area contributed by atoms with Crippen LogP contribution in [0.3, 0.4) is 0 Å². The normalized spacial score (nSPS) is 9.64. The molecule has 0 amide bonds. The molecule has 0 unspecified atom stereocenters. The first-order chi connectivity index (χ1) is 5.27. The fraction of sp³-hybridized carbons (Fsp3) is 0.222. The van der Waals surface area contributed by atoms with Gasteiger partial charge < -0.3 is 0 Å².